The Balaban J connectivity index is 0.00000182. The van der Waals surface area contributed by atoms with Crippen molar-refractivity contribution in [3.63, 3.8) is 0 Å². The van der Waals surface area contributed by atoms with Gasteiger partial charge in [-0.15, -0.1) is 24.8 Å². The maximum absolute atomic E-state index is 3.81. The molecule has 2 N–H and O–H groups in total. The summed E-state index contributed by atoms with van der Waals surface area (Å²) in [5.74, 6) is 0. The first-order chi connectivity index (χ1) is 12.1. The highest BCUT2D eigenvalue weighted by atomic mass is 79.9. The van der Waals surface area contributed by atoms with Gasteiger partial charge in [-0.1, -0.05) is 59.1 Å². The summed E-state index contributed by atoms with van der Waals surface area (Å²) in [6, 6.07) is 16.5. The molecule has 0 aliphatic heterocycles. The molecule has 2 unspecified atom stereocenters. The molecule has 0 amide bonds. The predicted molar refractivity (Wildman–Crippen MR) is 124 cm³/mol. The van der Waals surface area contributed by atoms with E-state index >= 15 is 0 Å². The summed E-state index contributed by atoms with van der Waals surface area (Å²) in [7, 11) is 0. The van der Waals surface area contributed by atoms with Crippen LogP contribution in [0.5, 0.6) is 0 Å². The molecular formula is C22H31BrCl2N2. The van der Waals surface area contributed by atoms with Crippen LogP contribution in [0.2, 0.25) is 0 Å². The number of benzene rings is 2. The second-order valence-corrected chi connectivity index (χ2v) is 8.22. The first-order valence-electron chi connectivity index (χ1n) is 9.39. The van der Waals surface area contributed by atoms with E-state index in [1.807, 2.05) is 0 Å². The van der Waals surface area contributed by atoms with E-state index in [0.29, 0.717) is 12.1 Å². The summed E-state index contributed by atoms with van der Waals surface area (Å²) in [6.07, 6.45) is 5.20. The van der Waals surface area contributed by atoms with Crippen LogP contribution in [0.25, 0.3) is 0 Å². The van der Waals surface area contributed by atoms with Crippen molar-refractivity contribution < 1.29 is 0 Å². The SMILES string of the molecule is Cc1ccc(CNC2CCCCC2NCc2ccc(Br)cc2)cc1C.Cl.Cl. The summed E-state index contributed by atoms with van der Waals surface area (Å²) < 4.78 is 1.14. The van der Waals surface area contributed by atoms with Crippen molar-refractivity contribution in [3.8, 4) is 0 Å². The standard InChI is InChI=1S/C22H29BrN2.2ClH/c1-16-7-8-19(13-17(16)2)15-25-22-6-4-3-5-21(22)24-14-18-9-11-20(23)12-10-18;;/h7-13,21-22,24-25H,3-6,14-15H2,1-2H3;2*1H. The maximum Gasteiger partial charge on any atom is 0.0224 e. The van der Waals surface area contributed by atoms with Gasteiger partial charge < -0.3 is 10.6 Å². The van der Waals surface area contributed by atoms with Gasteiger partial charge in [0.2, 0.25) is 0 Å². The van der Waals surface area contributed by atoms with E-state index in [0.717, 1.165) is 17.6 Å². The third-order valence-corrected chi connectivity index (χ3v) is 5.92. The van der Waals surface area contributed by atoms with Crippen LogP contribution in [0, 0.1) is 13.8 Å². The van der Waals surface area contributed by atoms with E-state index in [9.17, 15) is 0 Å². The summed E-state index contributed by atoms with van der Waals surface area (Å²) in [6.45, 7) is 6.28. The molecule has 27 heavy (non-hydrogen) atoms. The van der Waals surface area contributed by atoms with Crippen LogP contribution in [0.3, 0.4) is 0 Å². The molecule has 1 fully saturated rings. The average molecular weight is 474 g/mol. The Labute approximate surface area is 184 Å². The fraction of sp³-hybridized carbons (Fsp3) is 0.455. The Morgan fingerprint density at radius 1 is 0.778 bits per heavy atom. The molecule has 1 aliphatic carbocycles. The van der Waals surface area contributed by atoms with E-state index in [-0.39, 0.29) is 24.8 Å². The van der Waals surface area contributed by atoms with Gasteiger partial charge >= 0.3 is 0 Å². The van der Waals surface area contributed by atoms with E-state index in [1.54, 1.807) is 0 Å². The molecule has 0 radical (unpaired) electrons. The molecule has 1 aliphatic rings. The Hall–Kier alpha value is -0.580. The minimum Gasteiger partial charge on any atom is -0.308 e. The van der Waals surface area contributed by atoms with Gasteiger partial charge in [-0.05, 0) is 61.1 Å². The average Bonchev–Trinajstić information content (AvgIpc) is 2.63. The fourth-order valence-electron chi connectivity index (χ4n) is 3.63. The van der Waals surface area contributed by atoms with Crippen molar-refractivity contribution in [2.75, 3.05) is 0 Å². The molecule has 2 nitrogen and oxygen atoms in total. The highest BCUT2D eigenvalue weighted by Crippen LogP contribution is 2.20. The van der Waals surface area contributed by atoms with Gasteiger partial charge in [0.05, 0.1) is 0 Å². The Kier molecular flexibility index (Phi) is 10.9. The lowest BCUT2D eigenvalue weighted by Crippen LogP contribution is -2.49. The minimum absolute atomic E-state index is 0. The first-order valence-corrected chi connectivity index (χ1v) is 10.2. The molecule has 150 valence electrons. The largest absolute Gasteiger partial charge is 0.308 e. The lowest BCUT2D eigenvalue weighted by atomic mass is 9.90. The molecule has 0 saturated heterocycles. The van der Waals surface area contributed by atoms with Crippen LogP contribution in [-0.4, -0.2) is 12.1 Å². The smallest absolute Gasteiger partial charge is 0.0224 e. The fourth-order valence-corrected chi connectivity index (χ4v) is 3.90. The van der Waals surface area contributed by atoms with Gasteiger partial charge in [0.25, 0.3) is 0 Å². The van der Waals surface area contributed by atoms with Crippen molar-refractivity contribution in [3.05, 3.63) is 69.2 Å². The van der Waals surface area contributed by atoms with Gasteiger partial charge in [0, 0.05) is 29.6 Å². The van der Waals surface area contributed by atoms with Crippen LogP contribution in [-0.2, 0) is 13.1 Å². The number of rotatable bonds is 6. The molecule has 2 atom stereocenters. The normalized spacial score (nSPS) is 19.1. The first kappa shape index (κ1) is 24.5. The zero-order valence-corrected chi connectivity index (χ0v) is 19.4. The summed E-state index contributed by atoms with van der Waals surface area (Å²) in [5.41, 5.74) is 5.49. The summed E-state index contributed by atoms with van der Waals surface area (Å²) in [4.78, 5) is 0. The molecule has 0 heterocycles. The molecule has 1 saturated carbocycles. The van der Waals surface area contributed by atoms with E-state index < -0.39 is 0 Å². The zero-order chi connectivity index (χ0) is 17.6. The monoisotopic (exact) mass is 472 g/mol. The van der Waals surface area contributed by atoms with Crippen LogP contribution in [0.1, 0.15) is 47.9 Å². The molecule has 5 heteroatoms. The lowest BCUT2D eigenvalue weighted by Gasteiger charge is -2.33. The van der Waals surface area contributed by atoms with Gasteiger partial charge in [-0.2, -0.15) is 0 Å². The van der Waals surface area contributed by atoms with Gasteiger partial charge in [0.1, 0.15) is 0 Å². The molecule has 3 rings (SSSR count). The van der Waals surface area contributed by atoms with Crippen molar-refractivity contribution >= 4 is 40.7 Å². The summed E-state index contributed by atoms with van der Waals surface area (Å²) in [5, 5.41) is 7.60. The highest BCUT2D eigenvalue weighted by Gasteiger charge is 2.24. The van der Waals surface area contributed by atoms with E-state index in [4.69, 9.17) is 0 Å². The summed E-state index contributed by atoms with van der Waals surface area (Å²) >= 11 is 3.50. The van der Waals surface area contributed by atoms with E-state index in [2.05, 4.69) is 82.9 Å². The van der Waals surface area contributed by atoms with Crippen LogP contribution in [0.4, 0.5) is 0 Å². The number of hydrogen-bond donors (Lipinski definition) is 2. The second-order valence-electron chi connectivity index (χ2n) is 7.30. The predicted octanol–water partition coefficient (Wildman–Crippen LogP) is 6.10. The highest BCUT2D eigenvalue weighted by molar-refractivity contribution is 9.10. The molecular weight excluding hydrogens is 443 g/mol. The maximum atomic E-state index is 3.81. The molecule has 0 spiro atoms. The Bertz CT molecular complexity index is 691. The van der Waals surface area contributed by atoms with Crippen molar-refractivity contribution in [1.29, 1.82) is 0 Å². The molecule has 0 bridgehead atoms. The third-order valence-electron chi connectivity index (χ3n) is 5.39. The van der Waals surface area contributed by atoms with Crippen LogP contribution >= 0.6 is 40.7 Å². The number of aryl methyl sites for hydroxylation is 2. The number of nitrogens with one attached hydrogen (secondary N) is 2. The number of halogens is 3. The van der Waals surface area contributed by atoms with Crippen molar-refractivity contribution in [2.45, 2.75) is 64.7 Å². The quantitative estimate of drug-likeness (QED) is 0.529. The van der Waals surface area contributed by atoms with Crippen molar-refractivity contribution in [1.82, 2.24) is 10.6 Å². The number of hydrogen-bond acceptors (Lipinski definition) is 2. The second kappa shape index (κ2) is 12.1. The molecule has 0 aromatic heterocycles. The van der Waals surface area contributed by atoms with E-state index in [1.165, 1.54) is 47.9 Å². The Morgan fingerprint density at radius 3 is 1.85 bits per heavy atom. The molecule has 2 aromatic rings. The van der Waals surface area contributed by atoms with Crippen LogP contribution < -0.4 is 10.6 Å². The molecule has 2 aromatic carbocycles. The van der Waals surface area contributed by atoms with Crippen LogP contribution in [0.15, 0.2) is 46.9 Å². The zero-order valence-electron chi connectivity index (χ0n) is 16.1. The van der Waals surface area contributed by atoms with Gasteiger partial charge in [0.15, 0.2) is 0 Å². The third kappa shape index (κ3) is 7.40. The van der Waals surface area contributed by atoms with Crippen molar-refractivity contribution in [2.24, 2.45) is 0 Å². The topological polar surface area (TPSA) is 24.1 Å². The minimum atomic E-state index is 0. The lowest BCUT2D eigenvalue weighted by molar-refractivity contribution is 0.281. The van der Waals surface area contributed by atoms with Gasteiger partial charge in [-0.25, -0.2) is 0 Å². The van der Waals surface area contributed by atoms with Gasteiger partial charge in [-0.3, -0.25) is 0 Å². The Morgan fingerprint density at radius 2 is 1.30 bits per heavy atom.